The molecule has 4 N–H and O–H groups in total. The summed E-state index contributed by atoms with van der Waals surface area (Å²) in [6.07, 6.45) is -3.58. The second-order valence-corrected chi connectivity index (χ2v) is 2.87. The average molecular weight is 228 g/mol. The van der Waals surface area contributed by atoms with Crippen LogP contribution in [-0.4, -0.2) is 4.98 Å². The van der Waals surface area contributed by atoms with E-state index in [4.69, 9.17) is 16.7 Å². The SMILES string of the molecule is N#C/C(N)=C(/N)c1ccc(C(F)(F)F)nc1. The molecular formula is C9H7F3N4. The summed E-state index contributed by atoms with van der Waals surface area (Å²) in [4.78, 5) is 3.18. The maximum absolute atomic E-state index is 12.2. The first kappa shape index (κ1) is 11.8. The fourth-order valence-corrected chi connectivity index (χ4v) is 0.937. The molecule has 1 heterocycles. The lowest BCUT2D eigenvalue weighted by atomic mass is 10.1. The highest BCUT2D eigenvalue weighted by molar-refractivity contribution is 5.67. The number of nitriles is 1. The van der Waals surface area contributed by atoms with E-state index in [1.165, 1.54) is 0 Å². The molecule has 7 heteroatoms. The van der Waals surface area contributed by atoms with Crippen molar-refractivity contribution in [2.45, 2.75) is 6.18 Å². The third-order valence-corrected chi connectivity index (χ3v) is 1.78. The van der Waals surface area contributed by atoms with E-state index in [9.17, 15) is 13.2 Å². The van der Waals surface area contributed by atoms with Crippen molar-refractivity contribution in [2.24, 2.45) is 11.5 Å². The van der Waals surface area contributed by atoms with Crippen molar-refractivity contribution in [3.8, 4) is 6.07 Å². The Balaban J connectivity index is 3.11. The van der Waals surface area contributed by atoms with Crippen LogP contribution in [0, 0.1) is 11.3 Å². The van der Waals surface area contributed by atoms with Crippen molar-refractivity contribution in [3.63, 3.8) is 0 Å². The monoisotopic (exact) mass is 228 g/mol. The van der Waals surface area contributed by atoms with Gasteiger partial charge < -0.3 is 11.5 Å². The van der Waals surface area contributed by atoms with Gasteiger partial charge in [-0.15, -0.1) is 0 Å². The minimum absolute atomic E-state index is 0.0938. The Morgan fingerprint density at radius 3 is 2.31 bits per heavy atom. The molecule has 16 heavy (non-hydrogen) atoms. The molecule has 0 fully saturated rings. The number of alkyl halides is 3. The Hall–Kier alpha value is -2.23. The van der Waals surface area contributed by atoms with Gasteiger partial charge in [0.2, 0.25) is 0 Å². The Morgan fingerprint density at radius 2 is 1.94 bits per heavy atom. The molecule has 1 rings (SSSR count). The van der Waals surface area contributed by atoms with Crippen molar-refractivity contribution in [3.05, 3.63) is 35.3 Å². The van der Waals surface area contributed by atoms with Crippen LogP contribution in [0.25, 0.3) is 5.70 Å². The second-order valence-electron chi connectivity index (χ2n) is 2.87. The standard InChI is InChI=1S/C9H7F3N4/c10-9(11,12)7-2-1-5(4-16-7)8(15)6(14)3-13/h1-2,4H,14-15H2/b8-6-. The van der Waals surface area contributed by atoms with E-state index >= 15 is 0 Å². The molecule has 0 aliphatic rings. The molecule has 1 aromatic rings. The predicted molar refractivity (Wildman–Crippen MR) is 50.1 cm³/mol. The van der Waals surface area contributed by atoms with E-state index in [0.29, 0.717) is 0 Å². The van der Waals surface area contributed by atoms with Crippen LogP contribution in [0.5, 0.6) is 0 Å². The molecule has 84 valence electrons. The highest BCUT2D eigenvalue weighted by Crippen LogP contribution is 2.27. The van der Waals surface area contributed by atoms with E-state index in [1.54, 1.807) is 6.07 Å². The zero-order valence-corrected chi connectivity index (χ0v) is 7.92. The molecule has 1 aromatic heterocycles. The quantitative estimate of drug-likeness (QED) is 0.707. The number of halogens is 3. The summed E-state index contributed by atoms with van der Waals surface area (Å²) < 4.78 is 36.5. The van der Waals surface area contributed by atoms with Crippen molar-refractivity contribution < 1.29 is 13.2 Å². The van der Waals surface area contributed by atoms with E-state index in [0.717, 1.165) is 18.3 Å². The van der Waals surface area contributed by atoms with Crippen molar-refractivity contribution >= 4 is 5.70 Å². The lowest BCUT2D eigenvalue weighted by Crippen LogP contribution is -2.10. The van der Waals surface area contributed by atoms with Gasteiger partial charge in [0.05, 0.1) is 5.70 Å². The van der Waals surface area contributed by atoms with Crippen LogP contribution in [0.4, 0.5) is 13.2 Å². The molecule has 0 unspecified atom stereocenters. The number of nitrogens with zero attached hydrogens (tertiary/aromatic N) is 2. The van der Waals surface area contributed by atoms with Gasteiger partial charge in [-0.25, -0.2) is 0 Å². The molecular weight excluding hydrogens is 221 g/mol. The van der Waals surface area contributed by atoms with Gasteiger partial charge in [-0.05, 0) is 12.1 Å². The Morgan fingerprint density at radius 1 is 1.31 bits per heavy atom. The number of rotatable bonds is 1. The first-order valence-electron chi connectivity index (χ1n) is 4.05. The number of hydrogen-bond donors (Lipinski definition) is 2. The van der Waals surface area contributed by atoms with Gasteiger partial charge in [0.15, 0.2) is 0 Å². The van der Waals surface area contributed by atoms with Gasteiger partial charge in [0.25, 0.3) is 0 Å². The maximum atomic E-state index is 12.2. The minimum atomic E-state index is -4.50. The highest BCUT2D eigenvalue weighted by Gasteiger charge is 2.32. The van der Waals surface area contributed by atoms with Crippen LogP contribution in [0.1, 0.15) is 11.3 Å². The molecule has 0 radical (unpaired) electrons. The summed E-state index contributed by atoms with van der Waals surface area (Å²) in [6, 6.07) is 3.47. The van der Waals surface area contributed by atoms with Gasteiger partial charge in [0, 0.05) is 11.8 Å². The average Bonchev–Trinajstić information content (AvgIpc) is 2.26. The number of allylic oxidation sites excluding steroid dienone is 1. The zero-order chi connectivity index (χ0) is 12.3. The van der Waals surface area contributed by atoms with Crippen LogP contribution in [-0.2, 0) is 6.18 Å². The molecule has 0 aliphatic heterocycles. The maximum Gasteiger partial charge on any atom is 0.433 e. The molecule has 0 atom stereocenters. The van der Waals surface area contributed by atoms with Gasteiger partial charge >= 0.3 is 6.18 Å². The van der Waals surface area contributed by atoms with Crippen molar-refractivity contribution in [2.75, 3.05) is 0 Å². The van der Waals surface area contributed by atoms with E-state index < -0.39 is 11.9 Å². The normalized spacial score (nSPS) is 12.9. The van der Waals surface area contributed by atoms with E-state index in [2.05, 4.69) is 4.98 Å². The Labute approximate surface area is 89.0 Å². The summed E-state index contributed by atoms with van der Waals surface area (Å²) in [5, 5.41) is 8.44. The second kappa shape index (κ2) is 4.10. The number of nitrogens with two attached hydrogens (primary N) is 2. The highest BCUT2D eigenvalue weighted by atomic mass is 19.4. The summed E-state index contributed by atoms with van der Waals surface area (Å²) >= 11 is 0. The van der Waals surface area contributed by atoms with Crippen LogP contribution in [0.3, 0.4) is 0 Å². The molecule has 4 nitrogen and oxygen atoms in total. The van der Waals surface area contributed by atoms with E-state index in [1.807, 2.05) is 0 Å². The largest absolute Gasteiger partial charge is 0.433 e. The summed E-state index contributed by atoms with van der Waals surface area (Å²) in [7, 11) is 0. The Bertz CT molecular complexity index is 453. The lowest BCUT2D eigenvalue weighted by Gasteiger charge is -2.06. The lowest BCUT2D eigenvalue weighted by molar-refractivity contribution is -0.141. The predicted octanol–water partition coefficient (Wildman–Crippen LogP) is 1.21. The van der Waals surface area contributed by atoms with Gasteiger partial charge in [-0.2, -0.15) is 18.4 Å². The van der Waals surface area contributed by atoms with Gasteiger partial charge in [-0.3, -0.25) is 4.98 Å². The summed E-state index contributed by atoms with van der Waals surface area (Å²) in [6.45, 7) is 0. The summed E-state index contributed by atoms with van der Waals surface area (Å²) in [5.74, 6) is 0. The topological polar surface area (TPSA) is 88.7 Å². The molecule has 0 saturated carbocycles. The van der Waals surface area contributed by atoms with Crippen LogP contribution in [0.15, 0.2) is 24.0 Å². The molecule has 0 spiro atoms. The fourth-order valence-electron chi connectivity index (χ4n) is 0.937. The molecule has 0 amide bonds. The van der Waals surface area contributed by atoms with Crippen LogP contribution >= 0.6 is 0 Å². The van der Waals surface area contributed by atoms with Crippen molar-refractivity contribution in [1.82, 2.24) is 4.98 Å². The third kappa shape index (κ3) is 2.42. The van der Waals surface area contributed by atoms with Gasteiger partial charge in [-0.1, -0.05) is 0 Å². The smallest absolute Gasteiger partial charge is 0.396 e. The fraction of sp³-hybridized carbons (Fsp3) is 0.111. The first-order valence-corrected chi connectivity index (χ1v) is 4.05. The summed E-state index contributed by atoms with van der Waals surface area (Å²) in [5.41, 5.74) is 9.42. The molecule has 0 bridgehead atoms. The minimum Gasteiger partial charge on any atom is -0.396 e. The molecule has 0 saturated heterocycles. The van der Waals surface area contributed by atoms with E-state index in [-0.39, 0.29) is 17.0 Å². The van der Waals surface area contributed by atoms with Gasteiger partial charge in [0.1, 0.15) is 17.5 Å². The molecule has 0 aliphatic carbocycles. The molecule has 0 aromatic carbocycles. The number of aromatic nitrogens is 1. The number of hydrogen-bond acceptors (Lipinski definition) is 4. The first-order chi connectivity index (χ1) is 7.36. The Kier molecular flexibility index (Phi) is 3.04. The number of pyridine rings is 1. The van der Waals surface area contributed by atoms with Crippen molar-refractivity contribution in [1.29, 1.82) is 5.26 Å². The third-order valence-electron chi connectivity index (χ3n) is 1.78. The van der Waals surface area contributed by atoms with Crippen LogP contribution in [0.2, 0.25) is 0 Å². The van der Waals surface area contributed by atoms with Crippen LogP contribution < -0.4 is 11.5 Å². The zero-order valence-electron chi connectivity index (χ0n) is 7.92.